The van der Waals surface area contributed by atoms with Crippen LogP contribution in [-0.2, 0) is 19.4 Å². The second-order valence-electron chi connectivity index (χ2n) is 7.33. The van der Waals surface area contributed by atoms with Gasteiger partial charge in [0.15, 0.2) is 11.4 Å². The van der Waals surface area contributed by atoms with Gasteiger partial charge >= 0.3 is 5.69 Å². The number of Topliss-reactive ketones (excluding diaryl/α,β-unsaturated/α-hetero) is 1. The van der Waals surface area contributed by atoms with Gasteiger partial charge in [0, 0.05) is 14.9 Å². The number of hydrogen-bond acceptors (Lipinski definition) is 5. The molecule has 1 aromatic carbocycles. The molecule has 1 aliphatic carbocycles. The van der Waals surface area contributed by atoms with Crippen LogP contribution >= 0.6 is 27.3 Å². The molecule has 0 N–H and O–H groups in total. The number of ketones is 1. The van der Waals surface area contributed by atoms with Crippen LogP contribution in [0.5, 0.6) is 0 Å². The first kappa shape index (κ1) is 17.8. The van der Waals surface area contributed by atoms with Gasteiger partial charge in [0.25, 0.3) is 0 Å². The van der Waals surface area contributed by atoms with E-state index in [2.05, 4.69) is 32.9 Å². The minimum Gasteiger partial charge on any atom is -0.292 e. The average molecular weight is 457 g/mol. The zero-order valence-electron chi connectivity index (χ0n) is 15.2. The molecule has 1 aliphatic rings. The standard InChI is InChI=1S/C20H17BrN4O2S/c1-11-2-7-14-16(8-11)28-19-17(14)18-22-10-23-25(18)20(27)24(19)9-15(26)12-3-5-13(21)6-4-12/h3-6,10-11H,2,7-9H2,1H3. The number of thiophene rings is 1. The Labute approximate surface area is 173 Å². The molecule has 0 aliphatic heterocycles. The molecule has 6 nitrogen and oxygen atoms in total. The highest BCUT2D eigenvalue weighted by Gasteiger charge is 2.26. The topological polar surface area (TPSA) is 69.3 Å². The van der Waals surface area contributed by atoms with Crippen molar-refractivity contribution in [2.75, 3.05) is 0 Å². The molecule has 0 amide bonds. The Morgan fingerprint density at radius 3 is 2.89 bits per heavy atom. The first-order chi connectivity index (χ1) is 13.5. The number of hydrogen-bond donors (Lipinski definition) is 0. The number of nitrogens with zero attached hydrogens (tertiary/aromatic N) is 4. The van der Waals surface area contributed by atoms with E-state index in [1.54, 1.807) is 28.0 Å². The molecule has 8 heteroatoms. The van der Waals surface area contributed by atoms with Gasteiger partial charge in [0.05, 0.1) is 11.9 Å². The van der Waals surface area contributed by atoms with Crippen molar-refractivity contribution in [2.45, 2.75) is 32.7 Å². The lowest BCUT2D eigenvalue weighted by Gasteiger charge is -2.17. The second-order valence-corrected chi connectivity index (χ2v) is 9.33. The first-order valence-electron chi connectivity index (χ1n) is 9.18. The number of fused-ring (bicyclic) bond motifs is 5. The largest absolute Gasteiger partial charge is 0.352 e. The van der Waals surface area contributed by atoms with Crippen molar-refractivity contribution >= 4 is 48.9 Å². The minimum absolute atomic E-state index is 0.0122. The monoisotopic (exact) mass is 456 g/mol. The smallest absolute Gasteiger partial charge is 0.292 e. The van der Waals surface area contributed by atoms with Crippen LogP contribution in [0.15, 0.2) is 39.9 Å². The Kier molecular flexibility index (Phi) is 4.21. The fraction of sp³-hybridized carbons (Fsp3) is 0.300. The SMILES string of the molecule is CC1CCc2c(sc3c2c2ncnn2c(=O)n3CC(=O)c2ccc(Br)cc2)C1. The molecule has 3 aromatic heterocycles. The molecule has 1 atom stereocenters. The van der Waals surface area contributed by atoms with Crippen LogP contribution in [0.1, 0.15) is 34.1 Å². The normalized spacial score (nSPS) is 16.6. The molecule has 4 aromatic rings. The molecule has 0 fully saturated rings. The minimum atomic E-state index is -0.322. The van der Waals surface area contributed by atoms with Gasteiger partial charge in [-0.2, -0.15) is 9.61 Å². The summed E-state index contributed by atoms with van der Waals surface area (Å²) < 4.78 is 3.80. The van der Waals surface area contributed by atoms with E-state index < -0.39 is 0 Å². The number of rotatable bonds is 3. The van der Waals surface area contributed by atoms with Crippen LogP contribution < -0.4 is 5.69 Å². The van der Waals surface area contributed by atoms with E-state index in [4.69, 9.17) is 0 Å². The lowest BCUT2D eigenvalue weighted by atomic mass is 9.89. The van der Waals surface area contributed by atoms with Crippen LogP contribution in [0.4, 0.5) is 0 Å². The number of benzene rings is 1. The highest BCUT2D eigenvalue weighted by Crippen LogP contribution is 2.39. The Morgan fingerprint density at radius 1 is 1.32 bits per heavy atom. The Hall–Kier alpha value is -2.32. The van der Waals surface area contributed by atoms with Crippen molar-refractivity contribution in [1.82, 2.24) is 19.2 Å². The van der Waals surface area contributed by atoms with Crippen molar-refractivity contribution in [3.8, 4) is 0 Å². The molecular weight excluding hydrogens is 440 g/mol. The number of carbonyl (C=O) groups excluding carboxylic acids is 1. The quantitative estimate of drug-likeness (QED) is 0.438. The predicted octanol–water partition coefficient (Wildman–Crippen LogP) is 3.88. The van der Waals surface area contributed by atoms with Gasteiger partial charge in [0.2, 0.25) is 0 Å². The summed E-state index contributed by atoms with van der Waals surface area (Å²) in [6.45, 7) is 2.24. The van der Waals surface area contributed by atoms with Gasteiger partial charge in [-0.25, -0.2) is 9.78 Å². The van der Waals surface area contributed by atoms with Gasteiger partial charge in [-0.15, -0.1) is 11.3 Å². The molecule has 0 radical (unpaired) electrons. The van der Waals surface area contributed by atoms with Crippen molar-refractivity contribution in [3.05, 3.63) is 61.6 Å². The second kappa shape index (κ2) is 6.63. The van der Waals surface area contributed by atoms with Crippen molar-refractivity contribution in [1.29, 1.82) is 0 Å². The molecule has 5 rings (SSSR count). The molecule has 0 saturated carbocycles. The van der Waals surface area contributed by atoms with Gasteiger partial charge in [0.1, 0.15) is 11.2 Å². The van der Waals surface area contributed by atoms with Crippen LogP contribution in [-0.4, -0.2) is 24.9 Å². The molecule has 0 spiro atoms. The Bertz CT molecular complexity index is 1290. The average Bonchev–Trinajstić information content (AvgIpc) is 3.29. The highest BCUT2D eigenvalue weighted by molar-refractivity contribution is 9.10. The zero-order valence-corrected chi connectivity index (χ0v) is 17.6. The summed E-state index contributed by atoms with van der Waals surface area (Å²) in [5.74, 6) is 0.522. The van der Waals surface area contributed by atoms with E-state index in [0.717, 1.165) is 34.0 Å². The summed E-state index contributed by atoms with van der Waals surface area (Å²) in [6, 6.07) is 7.20. The first-order valence-corrected chi connectivity index (χ1v) is 10.8. The summed E-state index contributed by atoms with van der Waals surface area (Å²) in [6.07, 6.45) is 4.50. The van der Waals surface area contributed by atoms with Crippen molar-refractivity contribution in [2.24, 2.45) is 5.92 Å². The van der Waals surface area contributed by atoms with Crippen LogP contribution in [0.25, 0.3) is 15.9 Å². The van der Waals surface area contributed by atoms with Gasteiger partial charge in [-0.3, -0.25) is 9.36 Å². The summed E-state index contributed by atoms with van der Waals surface area (Å²) >= 11 is 5.01. The van der Waals surface area contributed by atoms with E-state index in [9.17, 15) is 9.59 Å². The summed E-state index contributed by atoms with van der Waals surface area (Å²) in [7, 11) is 0. The maximum absolute atomic E-state index is 13.1. The third-order valence-corrected chi connectivity index (χ3v) is 7.20. The van der Waals surface area contributed by atoms with E-state index >= 15 is 0 Å². The van der Waals surface area contributed by atoms with E-state index in [1.165, 1.54) is 21.3 Å². The van der Waals surface area contributed by atoms with E-state index in [1.807, 2.05) is 12.1 Å². The Balaban J connectivity index is 1.71. The van der Waals surface area contributed by atoms with Crippen molar-refractivity contribution < 1.29 is 4.79 Å². The maximum atomic E-state index is 13.1. The number of aryl methyl sites for hydroxylation is 1. The van der Waals surface area contributed by atoms with Gasteiger partial charge in [-0.1, -0.05) is 35.0 Å². The van der Waals surface area contributed by atoms with Gasteiger partial charge in [-0.05, 0) is 42.9 Å². The predicted molar refractivity (Wildman–Crippen MR) is 112 cm³/mol. The lowest BCUT2D eigenvalue weighted by molar-refractivity contribution is 0.0972. The Morgan fingerprint density at radius 2 is 2.11 bits per heavy atom. The molecular formula is C20H17BrN4O2S. The molecule has 3 heterocycles. The third-order valence-electron chi connectivity index (χ3n) is 5.39. The lowest BCUT2D eigenvalue weighted by Crippen LogP contribution is -2.30. The van der Waals surface area contributed by atoms with Gasteiger partial charge < -0.3 is 0 Å². The van der Waals surface area contributed by atoms with E-state index in [0.29, 0.717) is 17.1 Å². The highest BCUT2D eigenvalue weighted by atomic mass is 79.9. The van der Waals surface area contributed by atoms with E-state index in [-0.39, 0.29) is 18.0 Å². The maximum Gasteiger partial charge on any atom is 0.352 e. The summed E-state index contributed by atoms with van der Waals surface area (Å²) in [5, 5.41) is 5.10. The molecule has 1 unspecified atom stereocenters. The molecule has 0 bridgehead atoms. The zero-order chi connectivity index (χ0) is 19.4. The third kappa shape index (κ3) is 2.74. The summed E-state index contributed by atoms with van der Waals surface area (Å²) in [5.41, 5.74) is 2.12. The molecule has 0 saturated heterocycles. The van der Waals surface area contributed by atoms with Crippen LogP contribution in [0.2, 0.25) is 0 Å². The molecule has 142 valence electrons. The fourth-order valence-corrected chi connectivity index (χ4v) is 5.68. The van der Waals surface area contributed by atoms with Crippen LogP contribution in [0, 0.1) is 5.92 Å². The number of carbonyl (C=O) groups is 1. The van der Waals surface area contributed by atoms with Crippen molar-refractivity contribution in [3.63, 3.8) is 0 Å². The number of aromatic nitrogens is 4. The fourth-order valence-electron chi connectivity index (χ4n) is 3.92. The summed E-state index contributed by atoms with van der Waals surface area (Å²) in [4.78, 5) is 32.4. The number of halogens is 1. The molecule has 28 heavy (non-hydrogen) atoms. The van der Waals surface area contributed by atoms with Crippen LogP contribution in [0.3, 0.4) is 0 Å².